The highest BCUT2D eigenvalue weighted by molar-refractivity contribution is 9.11. The van der Waals surface area contributed by atoms with E-state index in [1.54, 1.807) is 0 Å². The van der Waals surface area contributed by atoms with Crippen LogP contribution in [-0.2, 0) is 6.54 Å². The maximum atomic E-state index is 5.82. The number of ether oxygens (including phenoxy) is 1. The van der Waals surface area contributed by atoms with Crippen LogP contribution in [0.25, 0.3) is 0 Å². The summed E-state index contributed by atoms with van der Waals surface area (Å²) in [6.45, 7) is 9.12. The molecule has 1 aromatic rings. The molecule has 0 radical (unpaired) electrons. The van der Waals surface area contributed by atoms with Crippen LogP contribution in [0.5, 0.6) is 5.75 Å². The summed E-state index contributed by atoms with van der Waals surface area (Å²) >= 11 is 7.09. The molecule has 1 N–H and O–H groups in total. The maximum absolute atomic E-state index is 5.82. The molecule has 1 rings (SSSR count). The molecule has 0 aromatic heterocycles. The molecule has 0 saturated carbocycles. The summed E-state index contributed by atoms with van der Waals surface area (Å²) in [6, 6.07) is 4.14. The largest absolute Gasteiger partial charge is 0.492 e. The van der Waals surface area contributed by atoms with Crippen molar-refractivity contribution in [3.63, 3.8) is 0 Å². The summed E-state index contributed by atoms with van der Waals surface area (Å²) in [6.07, 6.45) is 1.02. The van der Waals surface area contributed by atoms with Crippen molar-refractivity contribution in [2.45, 2.75) is 33.7 Å². The molecule has 0 aliphatic rings. The number of benzene rings is 1. The standard InChI is InChI=1S/C14H21Br2NO/c1-4-5-18-14-11(9-17-8-10(2)3)6-12(15)7-13(14)16/h6-7,10,17H,4-5,8-9H2,1-3H3. The molecule has 0 spiro atoms. The summed E-state index contributed by atoms with van der Waals surface area (Å²) in [5, 5.41) is 3.45. The molecule has 2 nitrogen and oxygen atoms in total. The lowest BCUT2D eigenvalue weighted by Gasteiger charge is -2.15. The predicted molar refractivity (Wildman–Crippen MR) is 84.2 cm³/mol. The summed E-state index contributed by atoms with van der Waals surface area (Å²) in [5.74, 6) is 1.61. The molecule has 0 aliphatic heterocycles. The van der Waals surface area contributed by atoms with Crippen LogP contribution in [0.4, 0.5) is 0 Å². The van der Waals surface area contributed by atoms with Crippen molar-refractivity contribution in [3.05, 3.63) is 26.6 Å². The van der Waals surface area contributed by atoms with Crippen molar-refractivity contribution in [2.24, 2.45) is 5.92 Å². The SMILES string of the molecule is CCCOc1c(Br)cc(Br)cc1CNCC(C)C. The molecule has 0 aliphatic carbocycles. The monoisotopic (exact) mass is 377 g/mol. The van der Waals surface area contributed by atoms with Gasteiger partial charge in [0.05, 0.1) is 11.1 Å². The molecule has 102 valence electrons. The molecule has 4 heteroatoms. The first-order chi connectivity index (χ1) is 8.54. The molecule has 1 aromatic carbocycles. The van der Waals surface area contributed by atoms with E-state index in [9.17, 15) is 0 Å². The third-order valence-corrected chi connectivity index (χ3v) is 3.45. The quantitative estimate of drug-likeness (QED) is 0.739. The Balaban J connectivity index is 2.78. The van der Waals surface area contributed by atoms with Gasteiger partial charge in [-0.05, 0) is 46.9 Å². The van der Waals surface area contributed by atoms with Gasteiger partial charge in [-0.2, -0.15) is 0 Å². The van der Waals surface area contributed by atoms with Gasteiger partial charge in [-0.3, -0.25) is 0 Å². The van der Waals surface area contributed by atoms with E-state index < -0.39 is 0 Å². The highest BCUT2D eigenvalue weighted by atomic mass is 79.9. The van der Waals surface area contributed by atoms with E-state index in [2.05, 4.69) is 64.0 Å². The second-order valence-electron chi connectivity index (χ2n) is 4.75. The van der Waals surface area contributed by atoms with E-state index in [0.29, 0.717) is 5.92 Å². The Hall–Kier alpha value is -0.0600. The van der Waals surface area contributed by atoms with Crippen LogP contribution in [0.1, 0.15) is 32.8 Å². The van der Waals surface area contributed by atoms with E-state index in [0.717, 1.165) is 40.8 Å². The van der Waals surface area contributed by atoms with Gasteiger partial charge >= 0.3 is 0 Å². The van der Waals surface area contributed by atoms with Crippen molar-refractivity contribution in [3.8, 4) is 5.75 Å². The maximum Gasteiger partial charge on any atom is 0.138 e. The lowest BCUT2D eigenvalue weighted by Crippen LogP contribution is -2.19. The summed E-state index contributed by atoms with van der Waals surface area (Å²) in [7, 11) is 0. The molecule has 0 saturated heterocycles. The van der Waals surface area contributed by atoms with Gasteiger partial charge in [0.25, 0.3) is 0 Å². The Bertz CT molecular complexity index is 380. The minimum Gasteiger partial charge on any atom is -0.492 e. The van der Waals surface area contributed by atoms with Crippen LogP contribution in [0.2, 0.25) is 0 Å². The molecular formula is C14H21Br2NO. The average molecular weight is 379 g/mol. The van der Waals surface area contributed by atoms with E-state index in [4.69, 9.17) is 4.74 Å². The van der Waals surface area contributed by atoms with Crippen LogP contribution < -0.4 is 10.1 Å². The van der Waals surface area contributed by atoms with Gasteiger partial charge in [0.15, 0.2) is 0 Å². The molecular weight excluding hydrogens is 358 g/mol. The number of rotatable bonds is 7. The lowest BCUT2D eigenvalue weighted by atomic mass is 10.2. The second kappa shape index (κ2) is 8.18. The highest BCUT2D eigenvalue weighted by Crippen LogP contribution is 2.33. The van der Waals surface area contributed by atoms with Crippen LogP contribution in [0.15, 0.2) is 21.1 Å². The Morgan fingerprint density at radius 1 is 1.28 bits per heavy atom. The Morgan fingerprint density at radius 2 is 2.00 bits per heavy atom. The van der Waals surface area contributed by atoms with Crippen molar-refractivity contribution in [2.75, 3.05) is 13.2 Å². The molecule has 0 amide bonds. The van der Waals surface area contributed by atoms with Crippen molar-refractivity contribution in [1.82, 2.24) is 5.32 Å². The van der Waals surface area contributed by atoms with E-state index >= 15 is 0 Å². The number of hydrogen-bond acceptors (Lipinski definition) is 2. The zero-order chi connectivity index (χ0) is 13.5. The smallest absolute Gasteiger partial charge is 0.138 e. The Labute approximate surface area is 127 Å². The molecule has 0 atom stereocenters. The summed E-state index contributed by atoms with van der Waals surface area (Å²) in [4.78, 5) is 0. The normalized spacial score (nSPS) is 11.0. The van der Waals surface area contributed by atoms with Crippen molar-refractivity contribution < 1.29 is 4.74 Å². The lowest BCUT2D eigenvalue weighted by molar-refractivity contribution is 0.311. The second-order valence-corrected chi connectivity index (χ2v) is 6.52. The fraction of sp³-hybridized carbons (Fsp3) is 0.571. The third kappa shape index (κ3) is 5.29. The first-order valence-electron chi connectivity index (χ1n) is 6.36. The minimum atomic E-state index is 0.653. The van der Waals surface area contributed by atoms with E-state index in [1.165, 1.54) is 5.56 Å². The molecule has 0 heterocycles. The van der Waals surface area contributed by atoms with Gasteiger partial charge in [0.1, 0.15) is 5.75 Å². The van der Waals surface area contributed by atoms with Crippen LogP contribution in [0.3, 0.4) is 0 Å². The van der Waals surface area contributed by atoms with E-state index in [-0.39, 0.29) is 0 Å². The van der Waals surface area contributed by atoms with Gasteiger partial charge < -0.3 is 10.1 Å². The van der Waals surface area contributed by atoms with Gasteiger partial charge in [-0.25, -0.2) is 0 Å². The van der Waals surface area contributed by atoms with E-state index in [1.807, 2.05) is 6.07 Å². The minimum absolute atomic E-state index is 0.653. The third-order valence-electron chi connectivity index (χ3n) is 2.40. The predicted octanol–water partition coefficient (Wildman–Crippen LogP) is 4.75. The molecule has 0 unspecified atom stereocenters. The zero-order valence-corrected chi connectivity index (χ0v) is 14.4. The van der Waals surface area contributed by atoms with Crippen molar-refractivity contribution in [1.29, 1.82) is 0 Å². The number of hydrogen-bond donors (Lipinski definition) is 1. The van der Waals surface area contributed by atoms with Gasteiger partial charge in [0.2, 0.25) is 0 Å². The van der Waals surface area contributed by atoms with Gasteiger partial charge in [0, 0.05) is 16.6 Å². The topological polar surface area (TPSA) is 21.3 Å². The molecule has 0 bridgehead atoms. The van der Waals surface area contributed by atoms with Crippen LogP contribution in [-0.4, -0.2) is 13.2 Å². The average Bonchev–Trinajstić information content (AvgIpc) is 2.27. The Morgan fingerprint density at radius 3 is 2.61 bits per heavy atom. The molecule has 0 fully saturated rings. The number of nitrogens with one attached hydrogen (secondary N) is 1. The van der Waals surface area contributed by atoms with Crippen LogP contribution in [0, 0.1) is 5.92 Å². The fourth-order valence-corrected chi connectivity index (χ4v) is 3.03. The number of halogens is 2. The summed E-state index contributed by atoms with van der Waals surface area (Å²) in [5.41, 5.74) is 1.19. The van der Waals surface area contributed by atoms with Crippen molar-refractivity contribution >= 4 is 31.9 Å². The Kier molecular flexibility index (Phi) is 7.27. The first kappa shape index (κ1) is 16.0. The van der Waals surface area contributed by atoms with Gasteiger partial charge in [-0.15, -0.1) is 0 Å². The first-order valence-corrected chi connectivity index (χ1v) is 7.94. The molecule has 18 heavy (non-hydrogen) atoms. The van der Waals surface area contributed by atoms with Gasteiger partial charge in [-0.1, -0.05) is 36.7 Å². The summed E-state index contributed by atoms with van der Waals surface area (Å²) < 4.78 is 7.90. The highest BCUT2D eigenvalue weighted by Gasteiger charge is 2.10. The fourth-order valence-electron chi connectivity index (χ4n) is 1.61. The van der Waals surface area contributed by atoms with Crippen LogP contribution >= 0.6 is 31.9 Å². The zero-order valence-electron chi connectivity index (χ0n) is 11.2.